The van der Waals surface area contributed by atoms with Crippen LogP contribution in [0.3, 0.4) is 0 Å². The minimum atomic E-state index is -4.28. The van der Waals surface area contributed by atoms with Crippen molar-refractivity contribution >= 4 is 16.6 Å². The van der Waals surface area contributed by atoms with Crippen LogP contribution in [0.15, 0.2) is 60.8 Å². The molecule has 3 aromatic rings. The standard InChI is InChI=1S/C22H21F3N2/c23-22(24,25)18-5-3-4-17(15-18)14-16-9-12-27(13-10-16)21-8-11-26-20-7-2-1-6-19(20)21/h1-8,11,15-16H,9-10,12-14H2. The number of nitrogens with zero attached hydrogens (tertiary/aromatic N) is 2. The Hall–Kier alpha value is -2.56. The van der Waals surface area contributed by atoms with E-state index in [0.29, 0.717) is 12.3 Å². The number of anilines is 1. The van der Waals surface area contributed by atoms with E-state index in [1.54, 1.807) is 6.07 Å². The van der Waals surface area contributed by atoms with Crippen molar-refractivity contribution in [3.63, 3.8) is 0 Å². The highest BCUT2D eigenvalue weighted by Crippen LogP contribution is 2.32. The summed E-state index contributed by atoms with van der Waals surface area (Å²) in [5, 5.41) is 1.15. The first-order valence-electron chi connectivity index (χ1n) is 9.25. The minimum absolute atomic E-state index is 0.415. The Balaban J connectivity index is 1.44. The van der Waals surface area contributed by atoms with Gasteiger partial charge in [0.2, 0.25) is 0 Å². The average Bonchev–Trinajstić information content (AvgIpc) is 2.68. The molecule has 5 heteroatoms. The molecule has 2 heterocycles. The fraction of sp³-hybridized carbons (Fsp3) is 0.318. The summed E-state index contributed by atoms with van der Waals surface area (Å²) in [6.45, 7) is 1.83. The molecule has 1 fully saturated rings. The number of pyridine rings is 1. The van der Waals surface area contributed by atoms with Crippen molar-refractivity contribution in [2.75, 3.05) is 18.0 Å². The molecule has 140 valence electrons. The summed E-state index contributed by atoms with van der Waals surface area (Å²) in [7, 11) is 0. The number of para-hydroxylation sites is 1. The number of aromatic nitrogens is 1. The van der Waals surface area contributed by atoms with Crippen LogP contribution in [0.1, 0.15) is 24.0 Å². The van der Waals surface area contributed by atoms with Gasteiger partial charge in [0.1, 0.15) is 0 Å². The van der Waals surface area contributed by atoms with Crippen LogP contribution in [0.25, 0.3) is 10.9 Å². The molecule has 0 bridgehead atoms. The molecule has 1 aliphatic heterocycles. The van der Waals surface area contributed by atoms with Gasteiger partial charge in [-0.3, -0.25) is 4.98 Å². The Morgan fingerprint density at radius 1 is 0.963 bits per heavy atom. The normalized spacial score (nSPS) is 16.0. The molecule has 0 spiro atoms. The highest BCUT2D eigenvalue weighted by Gasteiger charge is 2.30. The monoisotopic (exact) mass is 370 g/mol. The van der Waals surface area contributed by atoms with Crippen LogP contribution in [0, 0.1) is 5.92 Å². The fourth-order valence-electron chi connectivity index (χ4n) is 3.94. The van der Waals surface area contributed by atoms with Crippen molar-refractivity contribution in [3.8, 4) is 0 Å². The Kier molecular flexibility index (Phi) is 4.77. The first-order valence-corrected chi connectivity index (χ1v) is 9.25. The molecule has 0 aliphatic carbocycles. The summed E-state index contributed by atoms with van der Waals surface area (Å²) in [5.74, 6) is 0.415. The van der Waals surface area contributed by atoms with Gasteiger partial charge >= 0.3 is 6.18 Å². The van der Waals surface area contributed by atoms with Crippen LogP contribution in [0.5, 0.6) is 0 Å². The van der Waals surface area contributed by atoms with Crippen molar-refractivity contribution < 1.29 is 13.2 Å². The van der Waals surface area contributed by atoms with Gasteiger partial charge in [-0.05, 0) is 48.9 Å². The summed E-state index contributed by atoms with van der Waals surface area (Å²) in [4.78, 5) is 6.78. The first kappa shape index (κ1) is 17.8. The van der Waals surface area contributed by atoms with Crippen LogP contribution in [-0.2, 0) is 12.6 Å². The lowest BCUT2D eigenvalue weighted by Crippen LogP contribution is -2.34. The van der Waals surface area contributed by atoms with Gasteiger partial charge < -0.3 is 4.90 Å². The quantitative estimate of drug-likeness (QED) is 0.587. The van der Waals surface area contributed by atoms with Gasteiger partial charge in [-0.15, -0.1) is 0 Å². The molecule has 1 aromatic heterocycles. The Morgan fingerprint density at radius 2 is 1.74 bits per heavy atom. The van der Waals surface area contributed by atoms with Gasteiger partial charge in [-0.1, -0.05) is 36.4 Å². The molecule has 0 atom stereocenters. The molecule has 1 saturated heterocycles. The summed E-state index contributed by atoms with van der Waals surface area (Å²) in [6.07, 6.45) is 0.225. The van der Waals surface area contributed by atoms with Crippen LogP contribution < -0.4 is 4.90 Å². The number of piperidine rings is 1. The zero-order valence-electron chi connectivity index (χ0n) is 14.9. The zero-order valence-corrected chi connectivity index (χ0v) is 14.9. The van der Waals surface area contributed by atoms with Gasteiger partial charge in [0, 0.05) is 30.4 Å². The minimum Gasteiger partial charge on any atom is -0.371 e. The lowest BCUT2D eigenvalue weighted by molar-refractivity contribution is -0.137. The molecule has 0 saturated carbocycles. The average molecular weight is 370 g/mol. The van der Waals surface area contributed by atoms with E-state index in [0.717, 1.165) is 48.5 Å². The second-order valence-corrected chi connectivity index (χ2v) is 7.18. The van der Waals surface area contributed by atoms with E-state index in [4.69, 9.17) is 0 Å². The number of alkyl halides is 3. The maximum Gasteiger partial charge on any atom is 0.416 e. The van der Waals surface area contributed by atoms with Crippen molar-refractivity contribution in [2.24, 2.45) is 5.92 Å². The molecular formula is C22H21F3N2. The summed E-state index contributed by atoms with van der Waals surface area (Å²) in [6, 6.07) is 15.9. The van der Waals surface area contributed by atoms with Gasteiger partial charge in [-0.2, -0.15) is 13.2 Å². The van der Waals surface area contributed by atoms with Crippen molar-refractivity contribution in [2.45, 2.75) is 25.4 Å². The zero-order chi connectivity index (χ0) is 18.9. The molecule has 1 aliphatic rings. The number of hydrogen-bond donors (Lipinski definition) is 0. The maximum atomic E-state index is 12.9. The third-order valence-electron chi connectivity index (χ3n) is 5.36. The number of rotatable bonds is 3. The third kappa shape index (κ3) is 3.92. The number of benzene rings is 2. The van der Waals surface area contributed by atoms with Gasteiger partial charge in [-0.25, -0.2) is 0 Å². The molecule has 0 radical (unpaired) electrons. The van der Waals surface area contributed by atoms with Crippen molar-refractivity contribution in [1.29, 1.82) is 0 Å². The van der Waals surface area contributed by atoms with Crippen LogP contribution in [0.4, 0.5) is 18.9 Å². The SMILES string of the molecule is FC(F)(F)c1cccc(CC2CCN(c3ccnc4ccccc34)CC2)c1. The Labute approximate surface area is 156 Å². The number of halogens is 3. The van der Waals surface area contributed by atoms with Gasteiger partial charge in [0.25, 0.3) is 0 Å². The lowest BCUT2D eigenvalue weighted by Gasteiger charge is -2.34. The molecule has 4 rings (SSSR count). The molecule has 27 heavy (non-hydrogen) atoms. The summed E-state index contributed by atoms with van der Waals surface area (Å²) in [5.41, 5.74) is 2.40. The second kappa shape index (κ2) is 7.22. The van der Waals surface area contributed by atoms with Crippen LogP contribution in [0.2, 0.25) is 0 Å². The van der Waals surface area contributed by atoms with Gasteiger partial charge in [0.05, 0.1) is 11.1 Å². The first-order chi connectivity index (χ1) is 13.0. The molecule has 0 N–H and O–H groups in total. The largest absolute Gasteiger partial charge is 0.416 e. The van der Waals surface area contributed by atoms with E-state index < -0.39 is 11.7 Å². The molecule has 2 nitrogen and oxygen atoms in total. The number of hydrogen-bond acceptors (Lipinski definition) is 2. The third-order valence-corrected chi connectivity index (χ3v) is 5.36. The topological polar surface area (TPSA) is 16.1 Å². The summed E-state index contributed by atoms with van der Waals surface area (Å²) < 4.78 is 38.7. The van der Waals surface area contributed by atoms with E-state index in [-0.39, 0.29) is 0 Å². The second-order valence-electron chi connectivity index (χ2n) is 7.18. The maximum absolute atomic E-state index is 12.9. The van der Waals surface area contributed by atoms with E-state index in [9.17, 15) is 13.2 Å². The van der Waals surface area contributed by atoms with Crippen LogP contribution in [-0.4, -0.2) is 18.1 Å². The van der Waals surface area contributed by atoms with Gasteiger partial charge in [0.15, 0.2) is 0 Å². The Morgan fingerprint density at radius 3 is 2.52 bits per heavy atom. The van der Waals surface area contributed by atoms with Crippen molar-refractivity contribution in [1.82, 2.24) is 4.98 Å². The smallest absolute Gasteiger partial charge is 0.371 e. The Bertz CT molecular complexity index is 923. The molecular weight excluding hydrogens is 349 g/mol. The predicted molar refractivity (Wildman–Crippen MR) is 102 cm³/mol. The van der Waals surface area contributed by atoms with E-state index in [2.05, 4.69) is 22.0 Å². The predicted octanol–water partition coefficient (Wildman–Crippen LogP) is 5.71. The van der Waals surface area contributed by atoms with E-state index in [1.165, 1.54) is 17.8 Å². The fourth-order valence-corrected chi connectivity index (χ4v) is 3.94. The molecule has 0 amide bonds. The van der Waals surface area contributed by atoms with Crippen molar-refractivity contribution in [3.05, 3.63) is 71.9 Å². The molecule has 2 aromatic carbocycles. The van der Waals surface area contributed by atoms with E-state index >= 15 is 0 Å². The van der Waals surface area contributed by atoms with E-state index in [1.807, 2.05) is 24.4 Å². The van der Waals surface area contributed by atoms with Crippen LogP contribution >= 0.6 is 0 Å². The number of fused-ring (bicyclic) bond motifs is 1. The molecule has 0 unspecified atom stereocenters. The highest BCUT2D eigenvalue weighted by atomic mass is 19.4. The highest BCUT2D eigenvalue weighted by molar-refractivity contribution is 5.91. The summed E-state index contributed by atoms with van der Waals surface area (Å²) >= 11 is 0. The lowest BCUT2D eigenvalue weighted by atomic mass is 9.89.